The Balaban J connectivity index is 1.27. The summed E-state index contributed by atoms with van der Waals surface area (Å²) in [6.45, 7) is 1.68. The number of fused-ring (bicyclic) bond motifs is 1. The third kappa shape index (κ3) is 3.38. The largest absolute Gasteiger partial charge is 0.366 e. The summed E-state index contributed by atoms with van der Waals surface area (Å²) >= 11 is 0. The number of carbonyl (C=O) groups excluding carboxylic acids is 1. The number of anilines is 1. The molecule has 3 fully saturated rings. The van der Waals surface area contributed by atoms with Crippen LogP contribution in [0, 0.1) is 5.92 Å². The van der Waals surface area contributed by atoms with Crippen LogP contribution in [0.4, 0.5) is 5.82 Å². The van der Waals surface area contributed by atoms with E-state index in [4.69, 9.17) is 0 Å². The fourth-order valence-electron chi connectivity index (χ4n) is 4.56. The minimum Gasteiger partial charge on any atom is -0.366 e. The van der Waals surface area contributed by atoms with E-state index in [9.17, 15) is 4.79 Å². The second-order valence-electron chi connectivity index (χ2n) is 7.46. The number of nitrogens with one attached hydrogen (secondary N) is 2. The zero-order valence-electron chi connectivity index (χ0n) is 14.2. The van der Waals surface area contributed by atoms with Crippen molar-refractivity contribution < 1.29 is 4.79 Å². The predicted molar refractivity (Wildman–Crippen MR) is 92.5 cm³/mol. The molecule has 3 heterocycles. The summed E-state index contributed by atoms with van der Waals surface area (Å²) in [5.41, 5.74) is 0. The molecule has 2 aliphatic heterocycles. The Morgan fingerprint density at radius 3 is 2.79 bits per heavy atom. The van der Waals surface area contributed by atoms with E-state index in [1.807, 2.05) is 12.1 Å². The van der Waals surface area contributed by atoms with Gasteiger partial charge in [0.05, 0.1) is 6.04 Å². The molecule has 1 saturated carbocycles. The number of piperidine rings is 1. The van der Waals surface area contributed by atoms with Gasteiger partial charge in [-0.25, -0.2) is 0 Å². The maximum Gasteiger partial charge on any atom is 0.239 e. The van der Waals surface area contributed by atoms with Crippen molar-refractivity contribution in [2.24, 2.45) is 5.92 Å². The summed E-state index contributed by atoms with van der Waals surface area (Å²) in [7, 11) is 0. The molecule has 1 aliphatic carbocycles. The van der Waals surface area contributed by atoms with Gasteiger partial charge in [-0.05, 0) is 50.2 Å². The van der Waals surface area contributed by atoms with E-state index < -0.39 is 0 Å². The lowest BCUT2D eigenvalue weighted by molar-refractivity contribution is -0.134. The van der Waals surface area contributed by atoms with Crippen molar-refractivity contribution in [1.29, 1.82) is 0 Å². The fraction of sp³-hybridized carbons (Fsp3) is 0.722. The number of carbonyl (C=O) groups is 1. The lowest BCUT2D eigenvalue weighted by Crippen LogP contribution is -2.49. The maximum absolute atomic E-state index is 12.8. The van der Waals surface area contributed by atoms with Crippen LogP contribution in [0.15, 0.2) is 18.3 Å². The van der Waals surface area contributed by atoms with Crippen molar-refractivity contribution in [1.82, 2.24) is 20.4 Å². The van der Waals surface area contributed by atoms with Crippen LogP contribution >= 0.6 is 0 Å². The zero-order chi connectivity index (χ0) is 16.4. The lowest BCUT2D eigenvalue weighted by Gasteiger charge is -2.34. The van der Waals surface area contributed by atoms with Crippen molar-refractivity contribution in [3.8, 4) is 0 Å². The standard InChI is InChI=1S/C18H27N5O/c24-18(16-12-13-4-1-2-5-15(13)21-16)23-10-7-14(8-11-23)20-17-6-3-9-19-22-17/h3,6,9,13-16,21H,1-2,4-5,7-8,10-12H2,(H,20,22). The molecule has 3 atom stereocenters. The summed E-state index contributed by atoms with van der Waals surface area (Å²) in [5, 5.41) is 15.0. The van der Waals surface area contributed by atoms with Gasteiger partial charge in [0, 0.05) is 31.4 Å². The highest BCUT2D eigenvalue weighted by Gasteiger charge is 2.40. The smallest absolute Gasteiger partial charge is 0.239 e. The van der Waals surface area contributed by atoms with Gasteiger partial charge in [0.25, 0.3) is 0 Å². The highest BCUT2D eigenvalue weighted by Crippen LogP contribution is 2.34. The van der Waals surface area contributed by atoms with Crippen LogP contribution < -0.4 is 10.6 Å². The number of hydrogen-bond donors (Lipinski definition) is 2. The normalized spacial score (nSPS) is 30.8. The molecule has 1 amide bonds. The van der Waals surface area contributed by atoms with Gasteiger partial charge in [0.15, 0.2) is 0 Å². The van der Waals surface area contributed by atoms with Crippen molar-refractivity contribution in [2.75, 3.05) is 18.4 Å². The van der Waals surface area contributed by atoms with Crippen LogP contribution in [-0.4, -0.2) is 52.2 Å². The fourth-order valence-corrected chi connectivity index (χ4v) is 4.56. The van der Waals surface area contributed by atoms with Gasteiger partial charge in [-0.15, -0.1) is 5.10 Å². The molecule has 0 bridgehead atoms. The molecule has 0 radical (unpaired) electrons. The first-order valence-corrected chi connectivity index (χ1v) is 9.38. The first-order valence-electron chi connectivity index (χ1n) is 9.38. The second kappa shape index (κ2) is 7.05. The molecule has 2 N–H and O–H groups in total. The average molecular weight is 329 g/mol. The Bertz CT molecular complexity index is 544. The van der Waals surface area contributed by atoms with Gasteiger partial charge >= 0.3 is 0 Å². The van der Waals surface area contributed by atoms with Crippen molar-refractivity contribution in [3.63, 3.8) is 0 Å². The first kappa shape index (κ1) is 15.8. The molecule has 3 aliphatic rings. The van der Waals surface area contributed by atoms with E-state index in [1.165, 1.54) is 25.7 Å². The number of amides is 1. The summed E-state index contributed by atoms with van der Waals surface area (Å²) in [6, 6.07) is 4.85. The summed E-state index contributed by atoms with van der Waals surface area (Å²) in [6.07, 6.45) is 9.87. The van der Waals surface area contributed by atoms with E-state index in [-0.39, 0.29) is 6.04 Å². The van der Waals surface area contributed by atoms with Gasteiger partial charge in [-0.3, -0.25) is 4.79 Å². The average Bonchev–Trinajstić information content (AvgIpc) is 3.07. The quantitative estimate of drug-likeness (QED) is 0.885. The van der Waals surface area contributed by atoms with Crippen LogP contribution in [0.5, 0.6) is 0 Å². The summed E-state index contributed by atoms with van der Waals surface area (Å²) < 4.78 is 0. The van der Waals surface area contributed by atoms with Gasteiger partial charge in [-0.2, -0.15) is 5.10 Å². The van der Waals surface area contributed by atoms with E-state index in [1.54, 1.807) is 6.20 Å². The van der Waals surface area contributed by atoms with E-state index in [0.29, 0.717) is 18.0 Å². The highest BCUT2D eigenvalue weighted by atomic mass is 16.2. The third-order valence-corrected chi connectivity index (χ3v) is 5.89. The molecule has 24 heavy (non-hydrogen) atoms. The number of aromatic nitrogens is 2. The molecule has 4 rings (SSSR count). The Labute approximate surface area is 143 Å². The van der Waals surface area contributed by atoms with Crippen LogP contribution in [0.2, 0.25) is 0 Å². The molecule has 130 valence electrons. The third-order valence-electron chi connectivity index (χ3n) is 5.89. The SMILES string of the molecule is O=C(C1CC2CCCCC2N1)N1CCC(Nc2cccnn2)CC1. The van der Waals surface area contributed by atoms with Gasteiger partial charge in [-0.1, -0.05) is 12.8 Å². The minimum atomic E-state index is 0.0580. The predicted octanol–water partition coefficient (Wildman–Crippen LogP) is 1.80. The van der Waals surface area contributed by atoms with Crippen LogP contribution in [0.1, 0.15) is 44.9 Å². The van der Waals surface area contributed by atoms with E-state index >= 15 is 0 Å². The molecular formula is C18H27N5O. The number of likely N-dealkylation sites (tertiary alicyclic amines) is 1. The molecule has 2 saturated heterocycles. The molecule has 0 aromatic carbocycles. The molecule has 3 unspecified atom stereocenters. The number of hydrogen-bond acceptors (Lipinski definition) is 5. The van der Waals surface area contributed by atoms with Gasteiger partial charge < -0.3 is 15.5 Å². The highest BCUT2D eigenvalue weighted by molar-refractivity contribution is 5.82. The summed E-state index contributed by atoms with van der Waals surface area (Å²) in [5.74, 6) is 1.87. The Morgan fingerprint density at radius 1 is 1.21 bits per heavy atom. The molecule has 1 aromatic heterocycles. The Hall–Kier alpha value is -1.69. The lowest BCUT2D eigenvalue weighted by atomic mass is 9.85. The van der Waals surface area contributed by atoms with Crippen LogP contribution in [-0.2, 0) is 4.79 Å². The van der Waals surface area contributed by atoms with E-state index in [2.05, 4.69) is 25.7 Å². The number of nitrogens with zero attached hydrogens (tertiary/aromatic N) is 3. The molecule has 1 aromatic rings. The monoisotopic (exact) mass is 329 g/mol. The second-order valence-corrected chi connectivity index (χ2v) is 7.46. The zero-order valence-corrected chi connectivity index (χ0v) is 14.2. The van der Waals surface area contributed by atoms with Crippen molar-refractivity contribution in [3.05, 3.63) is 18.3 Å². The first-order chi connectivity index (χ1) is 11.8. The Morgan fingerprint density at radius 2 is 2.04 bits per heavy atom. The van der Waals surface area contributed by atoms with Gasteiger partial charge in [0.2, 0.25) is 5.91 Å². The summed E-state index contributed by atoms with van der Waals surface area (Å²) in [4.78, 5) is 14.9. The molecular weight excluding hydrogens is 302 g/mol. The van der Waals surface area contributed by atoms with Crippen LogP contribution in [0.3, 0.4) is 0 Å². The number of rotatable bonds is 3. The van der Waals surface area contributed by atoms with Crippen molar-refractivity contribution in [2.45, 2.75) is 63.1 Å². The molecule has 0 spiro atoms. The maximum atomic E-state index is 12.8. The minimum absolute atomic E-state index is 0.0580. The van der Waals surface area contributed by atoms with E-state index in [0.717, 1.165) is 44.1 Å². The topological polar surface area (TPSA) is 70.2 Å². The Kier molecular flexibility index (Phi) is 4.65. The van der Waals surface area contributed by atoms with Gasteiger partial charge in [0.1, 0.15) is 5.82 Å². The molecule has 6 nitrogen and oxygen atoms in total. The van der Waals surface area contributed by atoms with Crippen molar-refractivity contribution >= 4 is 11.7 Å². The molecule has 6 heteroatoms. The van der Waals surface area contributed by atoms with Crippen LogP contribution in [0.25, 0.3) is 0 Å².